The second kappa shape index (κ2) is 5.87. The molecule has 0 heterocycles. The molecular formula is C15H23NO. The molecule has 0 fully saturated rings. The second-order valence-corrected chi connectivity index (χ2v) is 5.32. The molecule has 1 aromatic rings. The van der Waals surface area contributed by atoms with Gasteiger partial charge >= 0.3 is 0 Å². The summed E-state index contributed by atoms with van der Waals surface area (Å²) in [6, 6.07) is 5.78. The third-order valence-corrected chi connectivity index (χ3v) is 2.70. The van der Waals surface area contributed by atoms with Crippen LogP contribution < -0.4 is 5.32 Å². The zero-order valence-corrected chi connectivity index (χ0v) is 11.2. The van der Waals surface area contributed by atoms with E-state index in [1.165, 1.54) is 0 Å². The fourth-order valence-electron chi connectivity index (χ4n) is 1.71. The van der Waals surface area contributed by atoms with Gasteiger partial charge in [0.15, 0.2) is 0 Å². The Kier molecular flexibility index (Phi) is 4.76. The van der Waals surface area contributed by atoms with Crippen molar-refractivity contribution in [3.8, 4) is 5.75 Å². The van der Waals surface area contributed by atoms with Gasteiger partial charge in [-0.25, -0.2) is 0 Å². The van der Waals surface area contributed by atoms with Crippen LogP contribution in [0.4, 0.5) is 0 Å². The van der Waals surface area contributed by atoms with Crippen LogP contribution in [0.2, 0.25) is 0 Å². The molecule has 0 radical (unpaired) electrons. The first-order chi connectivity index (χ1) is 7.95. The number of aromatic hydroxyl groups is 1. The largest absolute Gasteiger partial charge is 0.508 e. The van der Waals surface area contributed by atoms with Crippen LogP contribution in [0.25, 0.3) is 6.08 Å². The molecule has 0 saturated heterocycles. The van der Waals surface area contributed by atoms with E-state index in [0.717, 1.165) is 24.1 Å². The van der Waals surface area contributed by atoms with Crippen molar-refractivity contribution in [1.29, 1.82) is 0 Å². The highest BCUT2D eigenvalue weighted by Crippen LogP contribution is 2.31. The van der Waals surface area contributed by atoms with Crippen LogP contribution in [-0.4, -0.2) is 18.7 Å². The topological polar surface area (TPSA) is 32.3 Å². The van der Waals surface area contributed by atoms with Gasteiger partial charge in [0, 0.05) is 0 Å². The molecule has 0 aliphatic rings. The molecular weight excluding hydrogens is 210 g/mol. The summed E-state index contributed by atoms with van der Waals surface area (Å²) in [4.78, 5) is 0. The standard InChI is InChI=1S/C15H23NO/c1-15(2,3)13-11-12(8-9-14(13)17)7-5-6-10-16-4/h5,7-9,11,16-17H,6,10H2,1-4H3. The molecule has 17 heavy (non-hydrogen) atoms. The van der Waals surface area contributed by atoms with E-state index in [-0.39, 0.29) is 5.41 Å². The number of hydrogen-bond acceptors (Lipinski definition) is 2. The number of hydrogen-bond donors (Lipinski definition) is 2. The summed E-state index contributed by atoms with van der Waals surface area (Å²) in [7, 11) is 1.95. The quantitative estimate of drug-likeness (QED) is 0.782. The van der Waals surface area contributed by atoms with E-state index in [0.29, 0.717) is 5.75 Å². The Morgan fingerprint density at radius 1 is 1.29 bits per heavy atom. The summed E-state index contributed by atoms with van der Waals surface area (Å²) in [5.74, 6) is 0.380. The summed E-state index contributed by atoms with van der Waals surface area (Å²) in [5.41, 5.74) is 2.11. The van der Waals surface area contributed by atoms with Crippen molar-refractivity contribution in [3.63, 3.8) is 0 Å². The summed E-state index contributed by atoms with van der Waals surface area (Å²) in [6.45, 7) is 7.31. The predicted octanol–water partition coefficient (Wildman–Crippen LogP) is 3.31. The molecule has 0 bridgehead atoms. The van der Waals surface area contributed by atoms with Crippen LogP contribution in [0.1, 0.15) is 38.3 Å². The lowest BCUT2D eigenvalue weighted by molar-refractivity contribution is 0.446. The van der Waals surface area contributed by atoms with E-state index < -0.39 is 0 Å². The highest BCUT2D eigenvalue weighted by molar-refractivity contribution is 5.54. The molecule has 0 atom stereocenters. The first-order valence-corrected chi connectivity index (χ1v) is 6.10. The van der Waals surface area contributed by atoms with Crippen molar-refractivity contribution < 1.29 is 5.11 Å². The molecule has 2 N–H and O–H groups in total. The Morgan fingerprint density at radius 3 is 2.59 bits per heavy atom. The molecule has 2 nitrogen and oxygen atoms in total. The van der Waals surface area contributed by atoms with Gasteiger partial charge in [-0.2, -0.15) is 0 Å². The molecule has 1 aromatic carbocycles. The summed E-state index contributed by atoms with van der Waals surface area (Å²) in [5, 5.41) is 13.0. The maximum Gasteiger partial charge on any atom is 0.119 e. The number of phenolic OH excluding ortho intramolecular Hbond substituents is 1. The van der Waals surface area contributed by atoms with Crippen LogP contribution in [0.5, 0.6) is 5.75 Å². The summed E-state index contributed by atoms with van der Waals surface area (Å²) < 4.78 is 0. The van der Waals surface area contributed by atoms with Gasteiger partial charge in [-0.1, -0.05) is 39.0 Å². The number of benzene rings is 1. The first kappa shape index (κ1) is 13.8. The Hall–Kier alpha value is -1.28. The minimum atomic E-state index is -0.0289. The van der Waals surface area contributed by atoms with Crippen LogP contribution >= 0.6 is 0 Å². The van der Waals surface area contributed by atoms with Crippen molar-refractivity contribution in [1.82, 2.24) is 5.32 Å². The normalized spacial score (nSPS) is 12.2. The molecule has 0 saturated carbocycles. The average Bonchev–Trinajstić information content (AvgIpc) is 2.25. The zero-order valence-electron chi connectivity index (χ0n) is 11.2. The average molecular weight is 233 g/mol. The predicted molar refractivity (Wildman–Crippen MR) is 74.4 cm³/mol. The van der Waals surface area contributed by atoms with E-state index in [9.17, 15) is 5.11 Å². The Bertz CT molecular complexity index is 388. The lowest BCUT2D eigenvalue weighted by Crippen LogP contribution is -2.11. The minimum Gasteiger partial charge on any atom is -0.508 e. The van der Waals surface area contributed by atoms with Crippen molar-refractivity contribution >= 4 is 6.08 Å². The maximum absolute atomic E-state index is 9.85. The fraction of sp³-hybridized carbons (Fsp3) is 0.467. The molecule has 2 heteroatoms. The Morgan fingerprint density at radius 2 is 2.00 bits per heavy atom. The molecule has 0 unspecified atom stereocenters. The Balaban J connectivity index is 2.86. The zero-order chi connectivity index (χ0) is 12.9. The lowest BCUT2D eigenvalue weighted by atomic mass is 9.85. The van der Waals surface area contributed by atoms with Gasteiger partial charge in [0.2, 0.25) is 0 Å². The van der Waals surface area contributed by atoms with E-state index >= 15 is 0 Å². The molecule has 0 spiro atoms. The van der Waals surface area contributed by atoms with Crippen molar-refractivity contribution in [2.75, 3.05) is 13.6 Å². The Labute approximate surface area is 104 Å². The van der Waals surface area contributed by atoms with Gasteiger partial charge in [-0.05, 0) is 48.7 Å². The van der Waals surface area contributed by atoms with Crippen molar-refractivity contribution in [2.24, 2.45) is 0 Å². The summed E-state index contributed by atoms with van der Waals surface area (Å²) >= 11 is 0. The lowest BCUT2D eigenvalue weighted by Gasteiger charge is -2.20. The second-order valence-electron chi connectivity index (χ2n) is 5.32. The van der Waals surface area contributed by atoms with E-state index in [4.69, 9.17) is 0 Å². The maximum atomic E-state index is 9.85. The van der Waals surface area contributed by atoms with E-state index in [1.807, 2.05) is 13.1 Å². The number of phenols is 1. The minimum absolute atomic E-state index is 0.0289. The molecule has 94 valence electrons. The van der Waals surface area contributed by atoms with E-state index in [2.05, 4.69) is 44.3 Å². The number of nitrogens with one attached hydrogen (secondary N) is 1. The van der Waals surface area contributed by atoms with Crippen LogP contribution in [0.15, 0.2) is 24.3 Å². The van der Waals surface area contributed by atoms with Crippen LogP contribution in [0, 0.1) is 0 Å². The van der Waals surface area contributed by atoms with E-state index in [1.54, 1.807) is 6.07 Å². The molecule has 0 aromatic heterocycles. The van der Waals surface area contributed by atoms with Gasteiger partial charge in [0.1, 0.15) is 5.75 Å². The van der Waals surface area contributed by atoms with Crippen molar-refractivity contribution in [3.05, 3.63) is 35.4 Å². The SMILES string of the molecule is CNCCC=Cc1ccc(O)c(C(C)(C)C)c1. The highest BCUT2D eigenvalue weighted by Gasteiger charge is 2.17. The van der Waals surface area contributed by atoms with Crippen molar-refractivity contribution in [2.45, 2.75) is 32.6 Å². The smallest absolute Gasteiger partial charge is 0.119 e. The van der Waals surface area contributed by atoms with Gasteiger partial charge in [-0.3, -0.25) is 0 Å². The van der Waals surface area contributed by atoms with Gasteiger partial charge in [0.05, 0.1) is 0 Å². The van der Waals surface area contributed by atoms with Crippen LogP contribution in [0.3, 0.4) is 0 Å². The van der Waals surface area contributed by atoms with Gasteiger partial charge in [-0.15, -0.1) is 0 Å². The van der Waals surface area contributed by atoms with Crippen LogP contribution in [-0.2, 0) is 5.41 Å². The highest BCUT2D eigenvalue weighted by atomic mass is 16.3. The molecule has 1 rings (SSSR count). The monoisotopic (exact) mass is 233 g/mol. The number of rotatable bonds is 4. The third kappa shape index (κ3) is 4.23. The first-order valence-electron chi connectivity index (χ1n) is 6.10. The summed E-state index contributed by atoms with van der Waals surface area (Å²) in [6.07, 6.45) is 5.27. The molecule has 0 amide bonds. The fourth-order valence-corrected chi connectivity index (χ4v) is 1.71. The molecule has 0 aliphatic heterocycles. The molecule has 0 aliphatic carbocycles. The van der Waals surface area contributed by atoms with Gasteiger partial charge < -0.3 is 10.4 Å². The van der Waals surface area contributed by atoms with Gasteiger partial charge in [0.25, 0.3) is 0 Å². The third-order valence-electron chi connectivity index (χ3n) is 2.70.